The largest absolute Gasteiger partial charge is 0.573 e. The second-order valence-corrected chi connectivity index (χ2v) is 4.46. The first kappa shape index (κ1) is 15.9. The zero-order valence-electron chi connectivity index (χ0n) is 9.98. The van der Waals surface area contributed by atoms with Crippen molar-refractivity contribution in [1.29, 1.82) is 0 Å². The number of benzene rings is 1. The van der Waals surface area contributed by atoms with Gasteiger partial charge in [0.15, 0.2) is 11.5 Å². The smallest absolute Gasteiger partial charge is 0.504 e. The van der Waals surface area contributed by atoms with E-state index in [2.05, 4.69) is 4.74 Å². The van der Waals surface area contributed by atoms with Crippen molar-refractivity contribution in [2.45, 2.75) is 31.7 Å². The van der Waals surface area contributed by atoms with Crippen molar-refractivity contribution in [2.24, 2.45) is 11.7 Å². The van der Waals surface area contributed by atoms with Gasteiger partial charge in [0.25, 0.3) is 0 Å². The molecule has 0 aliphatic heterocycles. The van der Waals surface area contributed by atoms with Crippen LogP contribution in [0, 0.1) is 5.92 Å². The van der Waals surface area contributed by atoms with Gasteiger partial charge in [0.2, 0.25) is 0 Å². The molecule has 0 radical (unpaired) electrons. The molecule has 19 heavy (non-hydrogen) atoms. The van der Waals surface area contributed by atoms with Crippen LogP contribution in [-0.2, 0) is 0 Å². The van der Waals surface area contributed by atoms with Crippen LogP contribution >= 0.6 is 12.4 Å². The summed E-state index contributed by atoms with van der Waals surface area (Å²) in [6, 6.07) is 3.55. The van der Waals surface area contributed by atoms with Crippen LogP contribution in [0.25, 0.3) is 0 Å². The summed E-state index contributed by atoms with van der Waals surface area (Å²) in [7, 11) is 0. The van der Waals surface area contributed by atoms with Crippen molar-refractivity contribution in [2.75, 3.05) is 0 Å². The van der Waals surface area contributed by atoms with Crippen LogP contribution in [-0.4, -0.2) is 11.5 Å². The lowest BCUT2D eigenvalue weighted by atomic mass is 9.77. The molecule has 2 rings (SSSR count). The molecule has 1 aliphatic carbocycles. The highest BCUT2D eigenvalue weighted by molar-refractivity contribution is 5.85. The SMILES string of the molecule is Cl.N[C@@H](c1cccc(OC(F)(F)F)c1O)C1CCC1. The first-order valence-electron chi connectivity index (χ1n) is 5.71. The standard InChI is InChI=1S/C12H14F3NO2.ClH/c13-12(14,15)18-9-6-2-5-8(11(9)17)10(16)7-3-1-4-7;/h2,5-7,10,17H,1,3-4,16H2;1H/t10-;/m1./s1. The van der Waals surface area contributed by atoms with Crippen LogP contribution in [0.15, 0.2) is 18.2 Å². The first-order valence-corrected chi connectivity index (χ1v) is 5.71. The van der Waals surface area contributed by atoms with Crippen molar-refractivity contribution in [3.63, 3.8) is 0 Å². The van der Waals surface area contributed by atoms with Crippen molar-refractivity contribution in [1.82, 2.24) is 0 Å². The fourth-order valence-corrected chi connectivity index (χ4v) is 2.07. The van der Waals surface area contributed by atoms with E-state index in [-0.39, 0.29) is 18.3 Å². The Morgan fingerprint density at radius 2 is 1.95 bits per heavy atom. The van der Waals surface area contributed by atoms with Crippen LogP contribution in [0.3, 0.4) is 0 Å². The summed E-state index contributed by atoms with van der Waals surface area (Å²) in [6.45, 7) is 0. The maximum atomic E-state index is 12.1. The lowest BCUT2D eigenvalue weighted by Crippen LogP contribution is -2.27. The van der Waals surface area contributed by atoms with E-state index in [1.54, 1.807) is 0 Å². The predicted molar refractivity (Wildman–Crippen MR) is 66.3 cm³/mol. The van der Waals surface area contributed by atoms with Gasteiger partial charge in [-0.05, 0) is 24.8 Å². The fraction of sp³-hybridized carbons (Fsp3) is 0.500. The Hall–Kier alpha value is -1.14. The number of halogens is 4. The van der Waals surface area contributed by atoms with Crippen molar-refractivity contribution in [3.8, 4) is 11.5 Å². The molecular formula is C12H15ClF3NO2. The van der Waals surface area contributed by atoms with Gasteiger partial charge < -0.3 is 15.6 Å². The third kappa shape index (κ3) is 3.67. The van der Waals surface area contributed by atoms with Crippen LogP contribution in [0.5, 0.6) is 11.5 Å². The number of para-hydroxylation sites is 1. The molecule has 0 spiro atoms. The van der Waals surface area contributed by atoms with Gasteiger partial charge in [0.05, 0.1) is 0 Å². The number of nitrogens with two attached hydrogens (primary N) is 1. The highest BCUT2D eigenvalue weighted by atomic mass is 35.5. The minimum atomic E-state index is -4.82. The van der Waals surface area contributed by atoms with E-state index in [1.807, 2.05) is 0 Å². The molecule has 0 aromatic heterocycles. The van der Waals surface area contributed by atoms with Gasteiger partial charge >= 0.3 is 6.36 Å². The summed E-state index contributed by atoms with van der Waals surface area (Å²) in [5.41, 5.74) is 6.24. The number of rotatable bonds is 3. The van der Waals surface area contributed by atoms with E-state index < -0.39 is 23.9 Å². The van der Waals surface area contributed by atoms with Crippen molar-refractivity contribution in [3.05, 3.63) is 23.8 Å². The molecule has 7 heteroatoms. The number of phenols is 1. The monoisotopic (exact) mass is 297 g/mol. The summed E-state index contributed by atoms with van der Waals surface area (Å²) in [4.78, 5) is 0. The quantitative estimate of drug-likeness (QED) is 0.897. The lowest BCUT2D eigenvalue weighted by molar-refractivity contribution is -0.275. The highest BCUT2D eigenvalue weighted by Crippen LogP contribution is 2.42. The summed E-state index contributed by atoms with van der Waals surface area (Å²) < 4.78 is 40.1. The van der Waals surface area contributed by atoms with Gasteiger partial charge in [-0.3, -0.25) is 0 Å². The third-order valence-corrected chi connectivity index (χ3v) is 3.27. The van der Waals surface area contributed by atoms with Gasteiger partial charge in [-0.2, -0.15) is 0 Å². The number of hydrogen-bond donors (Lipinski definition) is 2. The summed E-state index contributed by atoms with van der Waals surface area (Å²) in [5.74, 6) is -0.902. The number of hydrogen-bond acceptors (Lipinski definition) is 3. The lowest BCUT2D eigenvalue weighted by Gasteiger charge is -2.32. The van der Waals surface area contributed by atoms with Crippen LogP contribution in [0.2, 0.25) is 0 Å². The molecule has 1 atom stereocenters. The second-order valence-electron chi connectivity index (χ2n) is 4.46. The van der Waals surface area contributed by atoms with E-state index in [1.165, 1.54) is 12.1 Å². The van der Waals surface area contributed by atoms with Gasteiger partial charge in [0.1, 0.15) is 0 Å². The Balaban J connectivity index is 0.00000180. The first-order chi connectivity index (χ1) is 8.38. The van der Waals surface area contributed by atoms with Crippen LogP contribution < -0.4 is 10.5 Å². The topological polar surface area (TPSA) is 55.5 Å². The number of ether oxygens (including phenoxy) is 1. The Morgan fingerprint density at radius 3 is 2.42 bits per heavy atom. The molecule has 0 bridgehead atoms. The highest BCUT2D eigenvalue weighted by Gasteiger charge is 2.34. The predicted octanol–water partition coefficient (Wildman–Crippen LogP) is 3.51. The van der Waals surface area contributed by atoms with Crippen molar-refractivity contribution >= 4 is 12.4 Å². The average molecular weight is 298 g/mol. The molecule has 3 N–H and O–H groups in total. The fourth-order valence-electron chi connectivity index (χ4n) is 2.07. The van der Waals surface area contributed by atoms with Crippen LogP contribution in [0.4, 0.5) is 13.2 Å². The summed E-state index contributed by atoms with van der Waals surface area (Å²) in [6.07, 6.45) is -1.88. The van der Waals surface area contributed by atoms with E-state index in [4.69, 9.17) is 5.73 Å². The van der Waals surface area contributed by atoms with E-state index in [9.17, 15) is 18.3 Å². The Kier molecular flexibility index (Phi) is 4.92. The number of alkyl halides is 3. The number of aromatic hydroxyl groups is 1. The molecule has 1 saturated carbocycles. The van der Waals surface area contributed by atoms with Gasteiger partial charge in [-0.15, -0.1) is 25.6 Å². The molecule has 1 fully saturated rings. The second kappa shape index (κ2) is 5.88. The Bertz CT molecular complexity index is 435. The maximum Gasteiger partial charge on any atom is 0.573 e. The molecule has 3 nitrogen and oxygen atoms in total. The molecule has 1 aliphatic rings. The molecule has 0 amide bonds. The minimum absolute atomic E-state index is 0. The van der Waals surface area contributed by atoms with E-state index in [0.717, 1.165) is 25.3 Å². The average Bonchev–Trinajstić information content (AvgIpc) is 2.16. The molecule has 0 unspecified atom stereocenters. The molecular weight excluding hydrogens is 283 g/mol. The van der Waals surface area contributed by atoms with E-state index in [0.29, 0.717) is 5.56 Å². The Morgan fingerprint density at radius 1 is 1.32 bits per heavy atom. The molecule has 0 saturated heterocycles. The molecule has 1 aromatic carbocycles. The minimum Gasteiger partial charge on any atom is -0.504 e. The molecule has 108 valence electrons. The Labute approximate surface area is 115 Å². The summed E-state index contributed by atoms with van der Waals surface area (Å²) in [5, 5.41) is 9.79. The molecule has 0 heterocycles. The molecule has 1 aromatic rings. The number of phenolic OH excluding ortho intramolecular Hbond substituents is 1. The van der Waals surface area contributed by atoms with E-state index >= 15 is 0 Å². The maximum absolute atomic E-state index is 12.1. The normalized spacial score (nSPS) is 17.3. The van der Waals surface area contributed by atoms with Crippen LogP contribution in [0.1, 0.15) is 30.9 Å². The zero-order valence-corrected chi connectivity index (χ0v) is 10.8. The third-order valence-electron chi connectivity index (χ3n) is 3.27. The van der Waals surface area contributed by atoms with Gasteiger partial charge in [-0.1, -0.05) is 18.6 Å². The zero-order chi connectivity index (χ0) is 13.3. The van der Waals surface area contributed by atoms with Gasteiger partial charge in [-0.25, -0.2) is 0 Å². The summed E-state index contributed by atoms with van der Waals surface area (Å²) >= 11 is 0. The van der Waals surface area contributed by atoms with Gasteiger partial charge in [0, 0.05) is 11.6 Å². The van der Waals surface area contributed by atoms with Crippen molar-refractivity contribution < 1.29 is 23.0 Å².